The number of hydrogen-bond donors (Lipinski definition) is 0. The lowest BCUT2D eigenvalue weighted by atomic mass is 10.0. The molecule has 0 amide bonds. The molecule has 2 heterocycles. The summed E-state index contributed by atoms with van der Waals surface area (Å²) in [7, 11) is 0. The predicted octanol–water partition coefficient (Wildman–Crippen LogP) is 6.38. The van der Waals surface area contributed by atoms with Crippen molar-refractivity contribution in [2.75, 3.05) is 6.61 Å². The SMILES string of the molecule is CCOC(=O)c1cc(C(=O)c2ccc(-c3ccccc3)cc2)n2cnc(-c3ccc(C)cc3)cc12. The van der Waals surface area contributed by atoms with Gasteiger partial charge in [0.25, 0.3) is 0 Å². The van der Waals surface area contributed by atoms with E-state index in [1.54, 1.807) is 23.7 Å². The van der Waals surface area contributed by atoms with E-state index >= 15 is 0 Å². The van der Waals surface area contributed by atoms with Gasteiger partial charge >= 0.3 is 5.97 Å². The number of ether oxygens (including phenoxy) is 1. The van der Waals surface area contributed by atoms with Crippen LogP contribution in [0.15, 0.2) is 97.3 Å². The fourth-order valence-corrected chi connectivity index (χ4v) is 4.12. The highest BCUT2D eigenvalue weighted by Gasteiger charge is 2.22. The Kier molecular flexibility index (Phi) is 5.98. The van der Waals surface area contributed by atoms with Crippen LogP contribution in [0.1, 0.15) is 38.9 Å². The van der Waals surface area contributed by atoms with Gasteiger partial charge in [0.05, 0.1) is 29.1 Å². The summed E-state index contributed by atoms with van der Waals surface area (Å²) in [6.45, 7) is 4.03. The molecule has 0 unspecified atom stereocenters. The normalized spacial score (nSPS) is 10.9. The topological polar surface area (TPSA) is 60.7 Å². The summed E-state index contributed by atoms with van der Waals surface area (Å²) in [5, 5.41) is 0. The summed E-state index contributed by atoms with van der Waals surface area (Å²) in [5.41, 5.74) is 6.71. The van der Waals surface area contributed by atoms with E-state index in [1.807, 2.05) is 91.9 Å². The van der Waals surface area contributed by atoms with Gasteiger partial charge in [-0.3, -0.25) is 9.20 Å². The molecule has 0 N–H and O–H groups in total. The van der Waals surface area contributed by atoms with E-state index in [-0.39, 0.29) is 12.4 Å². The van der Waals surface area contributed by atoms with Crippen LogP contribution < -0.4 is 0 Å². The van der Waals surface area contributed by atoms with Gasteiger partial charge in [0, 0.05) is 11.1 Å². The second-order valence-electron chi connectivity index (χ2n) is 8.33. The van der Waals surface area contributed by atoms with Gasteiger partial charge in [-0.25, -0.2) is 9.78 Å². The minimum absolute atomic E-state index is 0.194. The molecule has 0 spiro atoms. The van der Waals surface area contributed by atoms with Gasteiger partial charge in [0.2, 0.25) is 5.78 Å². The van der Waals surface area contributed by atoms with Crippen LogP contribution in [0.4, 0.5) is 0 Å². The van der Waals surface area contributed by atoms with Gasteiger partial charge in [-0.05, 0) is 37.1 Å². The van der Waals surface area contributed by atoms with E-state index in [4.69, 9.17) is 4.74 Å². The van der Waals surface area contributed by atoms with Crippen molar-refractivity contribution in [1.82, 2.24) is 9.38 Å². The van der Waals surface area contributed by atoms with E-state index < -0.39 is 5.97 Å². The monoisotopic (exact) mass is 460 g/mol. The van der Waals surface area contributed by atoms with Crippen molar-refractivity contribution in [3.05, 3.63) is 120 Å². The molecule has 35 heavy (non-hydrogen) atoms. The van der Waals surface area contributed by atoms with Crippen LogP contribution in [0, 0.1) is 6.92 Å². The van der Waals surface area contributed by atoms with Crippen molar-refractivity contribution in [3.63, 3.8) is 0 Å². The summed E-state index contributed by atoms with van der Waals surface area (Å²) >= 11 is 0. The minimum Gasteiger partial charge on any atom is -0.462 e. The second kappa shape index (κ2) is 9.39. The Morgan fingerprint density at radius 2 is 1.49 bits per heavy atom. The lowest BCUT2D eigenvalue weighted by molar-refractivity contribution is 0.0529. The summed E-state index contributed by atoms with van der Waals surface area (Å²) in [5.74, 6) is -0.662. The first-order valence-electron chi connectivity index (χ1n) is 11.5. The van der Waals surface area contributed by atoms with Crippen LogP contribution >= 0.6 is 0 Å². The van der Waals surface area contributed by atoms with Gasteiger partial charge < -0.3 is 4.74 Å². The van der Waals surface area contributed by atoms with Crippen LogP contribution in [-0.4, -0.2) is 27.7 Å². The van der Waals surface area contributed by atoms with Gasteiger partial charge in [0.15, 0.2) is 0 Å². The van der Waals surface area contributed by atoms with Crippen molar-refractivity contribution in [2.45, 2.75) is 13.8 Å². The molecule has 5 heteroatoms. The maximum absolute atomic E-state index is 13.5. The number of carbonyl (C=O) groups excluding carboxylic acids is 2. The van der Waals surface area contributed by atoms with Crippen molar-refractivity contribution in [1.29, 1.82) is 0 Å². The number of nitrogens with zero attached hydrogens (tertiary/aromatic N) is 2. The average Bonchev–Trinajstić information content (AvgIpc) is 3.28. The van der Waals surface area contributed by atoms with Gasteiger partial charge in [0.1, 0.15) is 6.33 Å². The molecule has 5 aromatic rings. The summed E-state index contributed by atoms with van der Waals surface area (Å²) in [4.78, 5) is 30.8. The maximum atomic E-state index is 13.5. The molecule has 2 aromatic heterocycles. The van der Waals surface area contributed by atoms with Crippen molar-refractivity contribution in [3.8, 4) is 22.4 Å². The first-order chi connectivity index (χ1) is 17.0. The number of carbonyl (C=O) groups is 2. The number of rotatable bonds is 6. The third kappa shape index (κ3) is 4.36. The van der Waals surface area contributed by atoms with Crippen LogP contribution in [0.2, 0.25) is 0 Å². The Morgan fingerprint density at radius 3 is 2.17 bits per heavy atom. The molecule has 0 fully saturated rings. The van der Waals surface area contributed by atoms with Crippen molar-refractivity contribution < 1.29 is 14.3 Å². The lowest BCUT2D eigenvalue weighted by Gasteiger charge is -2.07. The first-order valence-corrected chi connectivity index (χ1v) is 11.5. The number of benzene rings is 3. The molecule has 0 atom stereocenters. The third-order valence-electron chi connectivity index (χ3n) is 5.99. The lowest BCUT2D eigenvalue weighted by Crippen LogP contribution is -2.05. The first kappa shape index (κ1) is 22.3. The molecular weight excluding hydrogens is 436 g/mol. The zero-order valence-electron chi connectivity index (χ0n) is 19.6. The Labute approximate surface area is 203 Å². The number of fused-ring (bicyclic) bond motifs is 1. The van der Waals surface area contributed by atoms with Gasteiger partial charge in [-0.1, -0.05) is 84.4 Å². The minimum atomic E-state index is -0.468. The van der Waals surface area contributed by atoms with Crippen LogP contribution in [0.5, 0.6) is 0 Å². The number of esters is 1. The smallest absolute Gasteiger partial charge is 0.340 e. The highest BCUT2D eigenvalue weighted by molar-refractivity contribution is 6.11. The van der Waals surface area contributed by atoms with E-state index in [1.165, 1.54) is 0 Å². The Balaban J connectivity index is 1.57. The quantitative estimate of drug-likeness (QED) is 0.218. The largest absolute Gasteiger partial charge is 0.462 e. The zero-order chi connectivity index (χ0) is 24.4. The number of hydrogen-bond acceptors (Lipinski definition) is 4. The molecule has 5 nitrogen and oxygen atoms in total. The molecule has 0 saturated heterocycles. The van der Waals surface area contributed by atoms with E-state index in [0.29, 0.717) is 28.0 Å². The third-order valence-corrected chi connectivity index (χ3v) is 5.99. The molecule has 0 aliphatic carbocycles. The van der Waals surface area contributed by atoms with Crippen LogP contribution in [0.25, 0.3) is 27.9 Å². The van der Waals surface area contributed by atoms with Crippen LogP contribution in [-0.2, 0) is 4.74 Å². The van der Waals surface area contributed by atoms with Gasteiger partial charge in [-0.15, -0.1) is 0 Å². The van der Waals surface area contributed by atoms with E-state index in [0.717, 1.165) is 22.3 Å². The van der Waals surface area contributed by atoms with E-state index in [9.17, 15) is 9.59 Å². The Bertz CT molecular complexity index is 1520. The standard InChI is InChI=1S/C30H24N2O3/c1-3-35-30(34)25-17-28(29(33)24-15-13-22(14-16-24)21-7-5-4-6-8-21)32-19-31-26(18-27(25)32)23-11-9-20(2)10-12-23/h4-19H,3H2,1-2H3. The van der Waals surface area contributed by atoms with Crippen molar-refractivity contribution in [2.24, 2.45) is 0 Å². The molecule has 0 radical (unpaired) electrons. The molecule has 5 rings (SSSR count). The second-order valence-corrected chi connectivity index (χ2v) is 8.33. The fraction of sp³-hybridized carbons (Fsp3) is 0.100. The number of aromatic nitrogens is 2. The maximum Gasteiger partial charge on any atom is 0.340 e. The summed E-state index contributed by atoms with van der Waals surface area (Å²) < 4.78 is 6.94. The number of ketones is 1. The molecule has 0 aliphatic rings. The molecular formula is C30H24N2O3. The van der Waals surface area contributed by atoms with Gasteiger partial charge in [-0.2, -0.15) is 0 Å². The molecule has 172 valence electrons. The zero-order valence-corrected chi connectivity index (χ0v) is 19.6. The molecule has 0 bridgehead atoms. The molecule has 3 aromatic carbocycles. The Hall–Kier alpha value is -4.51. The number of aryl methyl sites for hydroxylation is 1. The highest BCUT2D eigenvalue weighted by Crippen LogP contribution is 2.26. The average molecular weight is 461 g/mol. The summed E-state index contributed by atoms with van der Waals surface area (Å²) in [6.07, 6.45) is 1.60. The highest BCUT2D eigenvalue weighted by atomic mass is 16.5. The van der Waals surface area contributed by atoms with Crippen LogP contribution in [0.3, 0.4) is 0 Å². The van der Waals surface area contributed by atoms with Crippen molar-refractivity contribution >= 4 is 17.3 Å². The predicted molar refractivity (Wildman–Crippen MR) is 137 cm³/mol. The molecule has 0 aliphatic heterocycles. The van der Waals surface area contributed by atoms with E-state index in [2.05, 4.69) is 4.98 Å². The fourth-order valence-electron chi connectivity index (χ4n) is 4.12. The Morgan fingerprint density at radius 1 is 0.829 bits per heavy atom. The summed E-state index contributed by atoms with van der Waals surface area (Å²) in [6, 6.07) is 28.9. The molecule has 0 saturated carbocycles.